The van der Waals surface area contributed by atoms with Crippen LogP contribution in [0.25, 0.3) is 11.1 Å². The van der Waals surface area contributed by atoms with Gasteiger partial charge in [0.2, 0.25) is 5.01 Å². The van der Waals surface area contributed by atoms with Crippen LogP contribution in [-0.4, -0.2) is 27.8 Å². The smallest absolute Gasteiger partial charge is 0.282 e. The quantitative estimate of drug-likeness (QED) is 0.572. The van der Waals surface area contributed by atoms with Crippen molar-refractivity contribution in [2.75, 3.05) is 6.61 Å². The van der Waals surface area contributed by atoms with Crippen molar-refractivity contribution in [3.05, 3.63) is 69.2 Å². The molecule has 2 aromatic carbocycles. The molecular formula is C21H20ClN3O3S. The second-order valence-corrected chi connectivity index (χ2v) is 7.62. The number of benzene rings is 2. The van der Waals surface area contributed by atoms with E-state index in [0.717, 1.165) is 28.0 Å². The Hall–Kier alpha value is -2.90. The maximum atomic E-state index is 12.3. The number of carbonyl (C=O) groups excluding carboxylic acids is 1. The molecule has 1 aromatic heterocycles. The minimum Gasteiger partial charge on any atom is -0.504 e. The number of aromatic hydroxyl groups is 1. The zero-order chi connectivity index (χ0) is 20.8. The van der Waals surface area contributed by atoms with E-state index in [4.69, 9.17) is 16.3 Å². The average Bonchev–Trinajstić information content (AvgIpc) is 3.20. The number of carbonyl (C=O) groups is 1. The summed E-state index contributed by atoms with van der Waals surface area (Å²) in [5, 5.41) is 21.6. The summed E-state index contributed by atoms with van der Waals surface area (Å²) in [5.41, 5.74) is 2.90. The summed E-state index contributed by atoms with van der Waals surface area (Å²) in [6.45, 7) is 4.69. The number of aryl methyl sites for hydroxylation is 1. The lowest BCUT2D eigenvalue weighted by Gasteiger charge is -2.06. The van der Waals surface area contributed by atoms with Gasteiger partial charge in [-0.05, 0) is 43.2 Å². The lowest BCUT2D eigenvalue weighted by Crippen LogP contribution is -2.22. The Morgan fingerprint density at radius 2 is 1.93 bits per heavy atom. The molecule has 150 valence electrons. The van der Waals surface area contributed by atoms with Gasteiger partial charge in [0.1, 0.15) is 0 Å². The Morgan fingerprint density at radius 3 is 2.66 bits per heavy atom. The molecule has 0 aliphatic carbocycles. The molecule has 0 unspecified atom stereocenters. The van der Waals surface area contributed by atoms with Crippen molar-refractivity contribution in [3.63, 3.8) is 0 Å². The zero-order valence-electron chi connectivity index (χ0n) is 16.0. The van der Waals surface area contributed by atoms with Crippen LogP contribution in [0.5, 0.6) is 11.5 Å². The molecular weight excluding hydrogens is 410 g/mol. The van der Waals surface area contributed by atoms with Gasteiger partial charge in [-0.1, -0.05) is 58.8 Å². The Bertz CT molecular complexity index is 1030. The second kappa shape index (κ2) is 9.54. The van der Waals surface area contributed by atoms with Crippen molar-refractivity contribution >= 4 is 40.0 Å². The van der Waals surface area contributed by atoms with Gasteiger partial charge in [0.15, 0.2) is 16.5 Å². The minimum absolute atomic E-state index is 0.0589. The maximum absolute atomic E-state index is 12.3. The molecule has 0 saturated carbocycles. The van der Waals surface area contributed by atoms with E-state index in [1.807, 2.05) is 38.1 Å². The molecule has 3 aromatic rings. The van der Waals surface area contributed by atoms with Crippen LogP contribution in [0, 0.1) is 6.92 Å². The van der Waals surface area contributed by atoms with Crippen molar-refractivity contribution in [1.82, 2.24) is 15.5 Å². The first-order valence-corrected chi connectivity index (χ1v) is 10.2. The average molecular weight is 430 g/mol. The van der Waals surface area contributed by atoms with Gasteiger partial charge in [-0.3, -0.25) is 4.79 Å². The number of nitrogens with zero attached hydrogens (tertiary/aromatic N) is 2. The zero-order valence-corrected chi connectivity index (χ0v) is 17.5. The molecule has 0 radical (unpaired) electrons. The SMILES string of the molecule is CCOc1cc(/C=C(\Cl)c2nnc(C(=O)NCc3ccc(C)cc3)s2)ccc1O. The molecule has 1 amide bonds. The van der Waals surface area contributed by atoms with Crippen molar-refractivity contribution < 1.29 is 14.6 Å². The predicted molar refractivity (Wildman–Crippen MR) is 115 cm³/mol. The molecule has 0 bridgehead atoms. The van der Waals surface area contributed by atoms with Crippen LogP contribution in [0.15, 0.2) is 42.5 Å². The van der Waals surface area contributed by atoms with Gasteiger partial charge in [0.25, 0.3) is 5.91 Å². The molecule has 0 aliphatic rings. The van der Waals surface area contributed by atoms with Gasteiger partial charge in [0, 0.05) is 6.54 Å². The van der Waals surface area contributed by atoms with Gasteiger partial charge < -0.3 is 15.2 Å². The van der Waals surface area contributed by atoms with Gasteiger partial charge >= 0.3 is 0 Å². The molecule has 2 N–H and O–H groups in total. The van der Waals surface area contributed by atoms with Gasteiger partial charge in [-0.25, -0.2) is 0 Å². The lowest BCUT2D eigenvalue weighted by atomic mass is 10.1. The van der Waals surface area contributed by atoms with Gasteiger partial charge in [0.05, 0.1) is 11.6 Å². The molecule has 0 saturated heterocycles. The maximum Gasteiger partial charge on any atom is 0.282 e. The van der Waals surface area contributed by atoms with Crippen molar-refractivity contribution in [2.24, 2.45) is 0 Å². The summed E-state index contributed by atoms with van der Waals surface area (Å²) in [7, 11) is 0. The second-order valence-electron chi connectivity index (χ2n) is 6.23. The molecule has 6 nitrogen and oxygen atoms in total. The number of phenols is 1. The normalized spacial score (nSPS) is 11.3. The van der Waals surface area contributed by atoms with Gasteiger partial charge in [-0.2, -0.15) is 0 Å². The first kappa shape index (κ1) is 20.8. The Kier molecular flexibility index (Phi) is 6.85. The molecule has 29 heavy (non-hydrogen) atoms. The molecule has 1 heterocycles. The van der Waals surface area contributed by atoms with Crippen LogP contribution >= 0.6 is 22.9 Å². The van der Waals surface area contributed by atoms with Crippen molar-refractivity contribution in [1.29, 1.82) is 0 Å². The third-order valence-electron chi connectivity index (χ3n) is 3.97. The van der Waals surface area contributed by atoms with Crippen LogP contribution in [0.1, 0.15) is 38.4 Å². The lowest BCUT2D eigenvalue weighted by molar-refractivity contribution is 0.0950. The first-order chi connectivity index (χ1) is 14.0. The fraction of sp³-hybridized carbons (Fsp3) is 0.190. The highest BCUT2D eigenvalue weighted by atomic mass is 35.5. The van der Waals surface area contributed by atoms with Gasteiger partial charge in [-0.15, -0.1) is 10.2 Å². The monoisotopic (exact) mass is 429 g/mol. The predicted octanol–water partition coefficient (Wildman–Crippen LogP) is 4.62. The number of nitrogens with one attached hydrogen (secondary N) is 1. The number of phenolic OH excluding ortho intramolecular Hbond substituents is 1. The van der Waals surface area contributed by atoms with Crippen molar-refractivity contribution in [3.8, 4) is 11.5 Å². The van der Waals surface area contributed by atoms with Crippen molar-refractivity contribution in [2.45, 2.75) is 20.4 Å². The molecule has 0 aliphatic heterocycles. The third kappa shape index (κ3) is 5.56. The molecule has 0 spiro atoms. The van der Waals surface area contributed by atoms with E-state index in [0.29, 0.717) is 28.9 Å². The van der Waals surface area contributed by atoms with Crippen LogP contribution in [-0.2, 0) is 6.54 Å². The number of halogens is 1. The summed E-state index contributed by atoms with van der Waals surface area (Å²) >= 11 is 7.46. The summed E-state index contributed by atoms with van der Waals surface area (Å²) in [5.74, 6) is 0.129. The number of rotatable bonds is 7. The van der Waals surface area contributed by atoms with E-state index in [-0.39, 0.29) is 16.7 Å². The number of hydrogen-bond acceptors (Lipinski definition) is 6. The molecule has 0 fully saturated rings. The van der Waals surface area contributed by atoms with E-state index in [1.165, 1.54) is 6.07 Å². The van der Waals surface area contributed by atoms with E-state index in [9.17, 15) is 9.90 Å². The highest BCUT2D eigenvalue weighted by molar-refractivity contribution is 7.15. The van der Waals surface area contributed by atoms with E-state index >= 15 is 0 Å². The van der Waals surface area contributed by atoms with Crippen LogP contribution < -0.4 is 10.1 Å². The topological polar surface area (TPSA) is 84.3 Å². The van der Waals surface area contributed by atoms with E-state index in [2.05, 4.69) is 15.5 Å². The largest absolute Gasteiger partial charge is 0.504 e. The summed E-state index contributed by atoms with van der Waals surface area (Å²) in [6, 6.07) is 12.8. The molecule has 3 rings (SSSR count). The van der Waals surface area contributed by atoms with E-state index < -0.39 is 0 Å². The third-order valence-corrected chi connectivity index (χ3v) is 5.33. The number of aromatic nitrogens is 2. The Labute approximate surface area is 177 Å². The minimum atomic E-state index is -0.304. The fourth-order valence-electron chi connectivity index (χ4n) is 2.48. The molecule has 8 heteroatoms. The highest BCUT2D eigenvalue weighted by Crippen LogP contribution is 2.30. The summed E-state index contributed by atoms with van der Waals surface area (Å²) in [4.78, 5) is 12.3. The summed E-state index contributed by atoms with van der Waals surface area (Å²) in [6.07, 6.45) is 1.68. The number of ether oxygens (including phenoxy) is 1. The molecule has 0 atom stereocenters. The Balaban J connectivity index is 1.68. The van der Waals surface area contributed by atoms with Crippen LogP contribution in [0.2, 0.25) is 0 Å². The fourth-order valence-corrected chi connectivity index (χ4v) is 3.42. The summed E-state index contributed by atoms with van der Waals surface area (Å²) < 4.78 is 5.37. The van der Waals surface area contributed by atoms with E-state index in [1.54, 1.807) is 18.2 Å². The number of amides is 1. The standard InChI is InChI=1S/C21H20ClN3O3S/c1-3-28-18-11-15(8-9-17(18)26)10-16(22)20-24-25-21(29-20)19(27)23-12-14-6-4-13(2)5-7-14/h4-11,26H,3,12H2,1-2H3,(H,23,27)/b16-10-. The first-order valence-electron chi connectivity index (χ1n) is 8.97. The highest BCUT2D eigenvalue weighted by Gasteiger charge is 2.14. The Morgan fingerprint density at radius 1 is 1.21 bits per heavy atom. The van der Waals surface area contributed by atoms with Crippen LogP contribution in [0.3, 0.4) is 0 Å². The number of hydrogen-bond donors (Lipinski definition) is 2. The van der Waals surface area contributed by atoms with Crippen LogP contribution in [0.4, 0.5) is 0 Å².